The molecule has 0 aliphatic carbocycles. The first-order valence-electron chi connectivity index (χ1n) is 8.39. The Labute approximate surface area is 163 Å². The lowest BCUT2D eigenvalue weighted by Crippen LogP contribution is -1.85. The van der Waals surface area contributed by atoms with Crippen molar-refractivity contribution < 1.29 is 4.39 Å². The minimum Gasteiger partial charge on any atom is -0.205 e. The van der Waals surface area contributed by atoms with Gasteiger partial charge in [0.05, 0.1) is 10.2 Å². The third-order valence-electron chi connectivity index (χ3n) is 4.22. The Morgan fingerprint density at radius 2 is 1.46 bits per heavy atom. The van der Waals surface area contributed by atoms with E-state index < -0.39 is 5.82 Å². The van der Waals surface area contributed by atoms with E-state index >= 15 is 0 Å². The molecule has 130 valence electrons. The van der Waals surface area contributed by atoms with Crippen LogP contribution in [-0.4, -0.2) is 5.16 Å². The molecule has 0 saturated heterocycles. The lowest BCUT2D eigenvalue weighted by molar-refractivity contribution is 0.630. The highest BCUT2D eigenvalue weighted by atomic mass is 35.5. The van der Waals surface area contributed by atoms with E-state index in [-0.39, 0.29) is 10.7 Å². The summed E-state index contributed by atoms with van der Waals surface area (Å²) in [5.41, 5.74) is 5.22. The molecule has 0 unspecified atom stereocenters. The van der Waals surface area contributed by atoms with E-state index in [2.05, 4.69) is 53.6 Å². The van der Waals surface area contributed by atoms with Crippen LogP contribution < -0.4 is 0 Å². The summed E-state index contributed by atoms with van der Waals surface area (Å²) in [6.07, 6.45) is 2.23. The smallest absolute Gasteiger partial charge is 0.151 e. The fraction of sp³-hybridized carbons (Fsp3) is 0.136. The van der Waals surface area contributed by atoms with Gasteiger partial charge >= 0.3 is 0 Å². The Morgan fingerprint density at radius 3 is 1.96 bits per heavy atom. The van der Waals surface area contributed by atoms with Gasteiger partial charge in [0.15, 0.2) is 5.82 Å². The monoisotopic (exact) mass is 381 g/mol. The van der Waals surface area contributed by atoms with Gasteiger partial charge in [0.2, 0.25) is 0 Å². The van der Waals surface area contributed by atoms with Crippen LogP contribution in [0.15, 0.2) is 65.7 Å². The van der Waals surface area contributed by atoms with E-state index in [4.69, 9.17) is 11.6 Å². The quantitative estimate of drug-likeness (QED) is 0.329. The Bertz CT molecular complexity index is 935. The molecule has 0 radical (unpaired) electrons. The van der Waals surface area contributed by atoms with Gasteiger partial charge in [-0.05, 0) is 58.6 Å². The Hall–Kier alpha value is -2.32. The maximum atomic E-state index is 14.2. The summed E-state index contributed by atoms with van der Waals surface area (Å²) in [6, 6.07) is 19.7. The molecular weight excluding hydrogens is 365 g/mol. The van der Waals surface area contributed by atoms with E-state index in [1.165, 1.54) is 11.6 Å². The standard InChI is InChI=1S/C22H17ClFNS/c1-2-3-15-4-6-16(7-5-15)17-8-10-18(11-9-17)19-12-20(23)22(25-14-26)21(24)13-19/h4-13H,2-3H2,1H3. The summed E-state index contributed by atoms with van der Waals surface area (Å²) in [5, 5.41) is 2.36. The van der Waals surface area contributed by atoms with Crippen LogP contribution in [0.25, 0.3) is 22.3 Å². The van der Waals surface area contributed by atoms with Gasteiger partial charge in [-0.1, -0.05) is 73.5 Å². The number of hydrogen-bond donors (Lipinski definition) is 0. The summed E-state index contributed by atoms with van der Waals surface area (Å²) in [4.78, 5) is 3.67. The summed E-state index contributed by atoms with van der Waals surface area (Å²) >= 11 is 10.6. The zero-order valence-electron chi connectivity index (χ0n) is 14.3. The minimum atomic E-state index is -0.513. The molecule has 0 bridgehead atoms. The molecule has 3 rings (SSSR count). The van der Waals surface area contributed by atoms with Crippen molar-refractivity contribution in [2.45, 2.75) is 19.8 Å². The lowest BCUT2D eigenvalue weighted by atomic mass is 9.99. The second-order valence-corrected chi connectivity index (χ2v) is 6.61. The number of nitrogens with zero attached hydrogens (tertiary/aromatic N) is 1. The van der Waals surface area contributed by atoms with Crippen LogP contribution >= 0.6 is 23.8 Å². The van der Waals surface area contributed by atoms with Crippen molar-refractivity contribution in [3.8, 4) is 22.3 Å². The second-order valence-electron chi connectivity index (χ2n) is 6.02. The number of benzene rings is 3. The van der Waals surface area contributed by atoms with E-state index in [0.717, 1.165) is 29.5 Å². The maximum Gasteiger partial charge on any atom is 0.151 e. The fourth-order valence-electron chi connectivity index (χ4n) is 2.89. The molecule has 0 heterocycles. The lowest BCUT2D eigenvalue weighted by Gasteiger charge is -2.08. The molecule has 0 fully saturated rings. The van der Waals surface area contributed by atoms with Crippen LogP contribution in [-0.2, 0) is 6.42 Å². The van der Waals surface area contributed by atoms with E-state index in [1.54, 1.807) is 6.07 Å². The average Bonchev–Trinajstić information content (AvgIpc) is 2.66. The van der Waals surface area contributed by atoms with Crippen LogP contribution in [0.1, 0.15) is 18.9 Å². The Morgan fingerprint density at radius 1 is 0.923 bits per heavy atom. The first-order valence-corrected chi connectivity index (χ1v) is 9.17. The van der Waals surface area contributed by atoms with Gasteiger partial charge in [-0.3, -0.25) is 0 Å². The van der Waals surface area contributed by atoms with Crippen LogP contribution in [0.2, 0.25) is 5.02 Å². The molecule has 3 aromatic rings. The van der Waals surface area contributed by atoms with Crippen molar-refractivity contribution in [1.29, 1.82) is 0 Å². The number of hydrogen-bond acceptors (Lipinski definition) is 2. The summed E-state index contributed by atoms with van der Waals surface area (Å²) in [7, 11) is 0. The molecule has 0 aliphatic heterocycles. The zero-order chi connectivity index (χ0) is 18.5. The van der Waals surface area contributed by atoms with Gasteiger partial charge in [0, 0.05) is 0 Å². The van der Waals surface area contributed by atoms with Crippen molar-refractivity contribution in [3.63, 3.8) is 0 Å². The van der Waals surface area contributed by atoms with Crippen molar-refractivity contribution in [2.75, 3.05) is 0 Å². The molecule has 0 atom stereocenters. The SMILES string of the molecule is CCCc1ccc(-c2ccc(-c3cc(F)c(N=C=S)c(Cl)c3)cc2)cc1. The van der Waals surface area contributed by atoms with Gasteiger partial charge in [-0.2, -0.15) is 4.99 Å². The largest absolute Gasteiger partial charge is 0.205 e. The van der Waals surface area contributed by atoms with Crippen molar-refractivity contribution in [1.82, 2.24) is 0 Å². The molecule has 0 N–H and O–H groups in total. The van der Waals surface area contributed by atoms with Crippen LogP contribution in [0.3, 0.4) is 0 Å². The highest BCUT2D eigenvalue weighted by Gasteiger charge is 2.10. The van der Waals surface area contributed by atoms with E-state index in [1.807, 2.05) is 24.3 Å². The summed E-state index contributed by atoms with van der Waals surface area (Å²) in [6.45, 7) is 2.18. The summed E-state index contributed by atoms with van der Waals surface area (Å²) in [5.74, 6) is -0.513. The Balaban J connectivity index is 1.89. The first kappa shape index (κ1) is 18.5. The maximum absolute atomic E-state index is 14.2. The summed E-state index contributed by atoms with van der Waals surface area (Å²) < 4.78 is 14.2. The van der Waals surface area contributed by atoms with Crippen molar-refractivity contribution in [3.05, 3.63) is 77.1 Å². The normalized spacial score (nSPS) is 10.4. The van der Waals surface area contributed by atoms with Gasteiger partial charge in [0.1, 0.15) is 5.69 Å². The number of isothiocyanates is 1. The molecule has 4 heteroatoms. The third-order valence-corrected chi connectivity index (χ3v) is 4.60. The van der Waals surface area contributed by atoms with Crippen LogP contribution in [0.4, 0.5) is 10.1 Å². The van der Waals surface area contributed by atoms with Crippen molar-refractivity contribution >= 4 is 34.7 Å². The molecule has 0 saturated carbocycles. The molecular formula is C22H17ClFNS. The highest BCUT2D eigenvalue weighted by Crippen LogP contribution is 2.34. The van der Waals surface area contributed by atoms with Gasteiger partial charge < -0.3 is 0 Å². The van der Waals surface area contributed by atoms with Gasteiger partial charge in [-0.15, -0.1) is 0 Å². The number of thiocarbonyl (C=S) groups is 1. The average molecular weight is 382 g/mol. The van der Waals surface area contributed by atoms with Crippen LogP contribution in [0, 0.1) is 5.82 Å². The molecule has 0 amide bonds. The second kappa shape index (κ2) is 8.37. The topological polar surface area (TPSA) is 12.4 Å². The number of halogens is 2. The van der Waals surface area contributed by atoms with Crippen LogP contribution in [0.5, 0.6) is 0 Å². The number of aliphatic imine (C=N–C) groups is 1. The van der Waals surface area contributed by atoms with Gasteiger partial charge in [-0.25, -0.2) is 4.39 Å². The predicted octanol–water partition coefficient (Wildman–Crippen LogP) is 7.50. The molecule has 3 aromatic carbocycles. The molecule has 0 aromatic heterocycles. The minimum absolute atomic E-state index is 0.0224. The van der Waals surface area contributed by atoms with E-state index in [9.17, 15) is 4.39 Å². The fourth-order valence-corrected chi connectivity index (χ4v) is 3.23. The molecule has 26 heavy (non-hydrogen) atoms. The van der Waals surface area contributed by atoms with E-state index in [0.29, 0.717) is 5.56 Å². The third kappa shape index (κ3) is 4.08. The van der Waals surface area contributed by atoms with Crippen molar-refractivity contribution in [2.24, 2.45) is 4.99 Å². The molecule has 0 aliphatic rings. The number of aryl methyl sites for hydroxylation is 1. The first-order chi connectivity index (χ1) is 12.6. The molecule has 0 spiro atoms. The predicted molar refractivity (Wildman–Crippen MR) is 111 cm³/mol. The molecule has 1 nitrogen and oxygen atoms in total. The zero-order valence-corrected chi connectivity index (χ0v) is 15.9. The highest BCUT2D eigenvalue weighted by molar-refractivity contribution is 7.78. The van der Waals surface area contributed by atoms with Gasteiger partial charge in [0.25, 0.3) is 0 Å². The Kier molecular flexibility index (Phi) is 5.95. The number of rotatable bonds is 5.